The SMILES string of the molecule is CC(C)OC(=O)N1CCC(COc2ccc(-c3ccc(CC(N)C(=O)N4CCCC4C#N)cc3)cc2)CC1.Cl. The first-order valence-corrected chi connectivity index (χ1v) is 13.6. The number of nitriles is 1. The fraction of sp³-hybridized carbons (Fsp3) is 0.500. The van der Waals surface area contributed by atoms with Crippen molar-refractivity contribution in [1.82, 2.24) is 9.80 Å². The molecule has 0 saturated carbocycles. The summed E-state index contributed by atoms with van der Waals surface area (Å²) in [5, 5.41) is 9.24. The van der Waals surface area contributed by atoms with Gasteiger partial charge in [0.1, 0.15) is 11.8 Å². The summed E-state index contributed by atoms with van der Waals surface area (Å²) in [6.45, 7) is 6.37. The highest BCUT2D eigenvalue weighted by Crippen LogP contribution is 2.25. The number of halogens is 1. The largest absolute Gasteiger partial charge is 0.493 e. The summed E-state index contributed by atoms with van der Waals surface area (Å²) in [6, 6.07) is 17.3. The van der Waals surface area contributed by atoms with Gasteiger partial charge in [-0.15, -0.1) is 12.4 Å². The van der Waals surface area contributed by atoms with Crippen LogP contribution in [-0.4, -0.2) is 66.2 Å². The molecule has 0 radical (unpaired) electrons. The lowest BCUT2D eigenvalue weighted by Crippen LogP contribution is -2.46. The highest BCUT2D eigenvalue weighted by Gasteiger charge is 2.31. The number of hydrogen-bond donors (Lipinski definition) is 1. The summed E-state index contributed by atoms with van der Waals surface area (Å²) in [5.41, 5.74) is 9.34. The Morgan fingerprint density at radius 2 is 1.62 bits per heavy atom. The summed E-state index contributed by atoms with van der Waals surface area (Å²) >= 11 is 0. The van der Waals surface area contributed by atoms with Crippen molar-refractivity contribution in [2.75, 3.05) is 26.2 Å². The molecule has 2 aromatic rings. The lowest BCUT2D eigenvalue weighted by atomic mass is 9.98. The minimum atomic E-state index is -0.646. The lowest BCUT2D eigenvalue weighted by molar-refractivity contribution is -0.132. The number of hydrogen-bond acceptors (Lipinski definition) is 6. The van der Waals surface area contributed by atoms with Crippen molar-refractivity contribution in [2.24, 2.45) is 11.7 Å². The molecule has 2 unspecified atom stereocenters. The molecule has 2 amide bonds. The van der Waals surface area contributed by atoms with Crippen LogP contribution in [-0.2, 0) is 16.0 Å². The van der Waals surface area contributed by atoms with Crippen molar-refractivity contribution in [2.45, 2.75) is 64.1 Å². The molecular formula is C30H39ClN4O4. The van der Waals surface area contributed by atoms with Gasteiger partial charge in [-0.25, -0.2) is 4.79 Å². The van der Waals surface area contributed by atoms with E-state index in [2.05, 4.69) is 6.07 Å². The van der Waals surface area contributed by atoms with E-state index in [0.29, 0.717) is 38.6 Å². The zero-order chi connectivity index (χ0) is 27.1. The number of carbonyl (C=O) groups is 2. The van der Waals surface area contributed by atoms with Crippen molar-refractivity contribution in [3.8, 4) is 22.9 Å². The minimum absolute atomic E-state index is 0. The Hall–Kier alpha value is -3.28. The third-order valence-corrected chi connectivity index (χ3v) is 7.29. The molecule has 210 valence electrons. The van der Waals surface area contributed by atoms with Gasteiger partial charge >= 0.3 is 6.09 Å². The normalized spacial score (nSPS) is 18.3. The van der Waals surface area contributed by atoms with Crippen molar-refractivity contribution in [3.63, 3.8) is 0 Å². The lowest BCUT2D eigenvalue weighted by Gasteiger charge is -2.31. The van der Waals surface area contributed by atoms with Gasteiger partial charge in [0.25, 0.3) is 0 Å². The van der Waals surface area contributed by atoms with Crippen LogP contribution in [0, 0.1) is 17.2 Å². The van der Waals surface area contributed by atoms with E-state index in [1.54, 1.807) is 9.80 Å². The average molecular weight is 555 g/mol. The van der Waals surface area contributed by atoms with E-state index in [9.17, 15) is 14.9 Å². The zero-order valence-corrected chi connectivity index (χ0v) is 23.6. The monoisotopic (exact) mass is 554 g/mol. The third kappa shape index (κ3) is 8.11. The molecule has 8 nitrogen and oxygen atoms in total. The quantitative estimate of drug-likeness (QED) is 0.502. The molecule has 9 heteroatoms. The Bertz CT molecular complexity index is 1130. The number of rotatable bonds is 8. The highest BCUT2D eigenvalue weighted by molar-refractivity contribution is 5.85. The Labute approximate surface area is 237 Å². The summed E-state index contributed by atoms with van der Waals surface area (Å²) in [7, 11) is 0. The Kier molecular flexibility index (Phi) is 11.0. The molecule has 39 heavy (non-hydrogen) atoms. The van der Waals surface area contributed by atoms with Gasteiger partial charge in [-0.1, -0.05) is 36.4 Å². The van der Waals surface area contributed by atoms with Crippen LogP contribution < -0.4 is 10.5 Å². The Morgan fingerprint density at radius 3 is 2.21 bits per heavy atom. The first-order chi connectivity index (χ1) is 18.3. The molecule has 2 aliphatic heterocycles. The maximum Gasteiger partial charge on any atom is 0.410 e. The van der Waals surface area contributed by atoms with Crippen LogP contribution in [0.4, 0.5) is 4.79 Å². The van der Waals surface area contributed by atoms with E-state index in [-0.39, 0.29) is 36.6 Å². The number of ether oxygens (including phenoxy) is 2. The van der Waals surface area contributed by atoms with Crippen LogP contribution in [0.15, 0.2) is 48.5 Å². The highest BCUT2D eigenvalue weighted by atomic mass is 35.5. The van der Waals surface area contributed by atoms with Crippen molar-refractivity contribution in [1.29, 1.82) is 5.26 Å². The van der Waals surface area contributed by atoms with Gasteiger partial charge in [0.2, 0.25) is 5.91 Å². The second-order valence-corrected chi connectivity index (χ2v) is 10.5. The predicted octanol–water partition coefficient (Wildman–Crippen LogP) is 4.80. The van der Waals surface area contributed by atoms with Crippen LogP contribution >= 0.6 is 12.4 Å². The van der Waals surface area contributed by atoms with E-state index in [4.69, 9.17) is 15.2 Å². The van der Waals surface area contributed by atoms with Gasteiger partial charge in [0.15, 0.2) is 0 Å². The molecule has 0 spiro atoms. The number of nitrogens with two attached hydrogens (primary N) is 1. The van der Waals surface area contributed by atoms with E-state index in [1.807, 2.05) is 62.4 Å². The fourth-order valence-electron chi connectivity index (χ4n) is 5.07. The van der Waals surface area contributed by atoms with E-state index < -0.39 is 6.04 Å². The molecule has 2 aromatic carbocycles. The van der Waals surface area contributed by atoms with Crippen molar-refractivity contribution >= 4 is 24.4 Å². The summed E-state index contributed by atoms with van der Waals surface area (Å²) in [4.78, 5) is 28.1. The molecule has 2 heterocycles. The fourth-order valence-corrected chi connectivity index (χ4v) is 5.07. The van der Waals surface area contributed by atoms with Crippen LogP contribution in [0.1, 0.15) is 45.1 Å². The maximum absolute atomic E-state index is 12.7. The molecule has 2 N–H and O–H groups in total. The van der Waals surface area contributed by atoms with Gasteiger partial charge in [-0.3, -0.25) is 4.79 Å². The summed E-state index contributed by atoms with van der Waals surface area (Å²) < 4.78 is 11.3. The number of likely N-dealkylation sites (tertiary alicyclic amines) is 2. The second-order valence-electron chi connectivity index (χ2n) is 10.5. The third-order valence-electron chi connectivity index (χ3n) is 7.29. The molecule has 0 aromatic heterocycles. The van der Waals surface area contributed by atoms with Crippen LogP contribution in [0.3, 0.4) is 0 Å². The molecule has 0 aliphatic carbocycles. The van der Waals surface area contributed by atoms with E-state index in [1.165, 1.54) is 0 Å². The molecular weight excluding hydrogens is 516 g/mol. The first kappa shape index (κ1) is 30.3. The van der Waals surface area contributed by atoms with Gasteiger partial charge in [-0.05, 0) is 80.7 Å². The molecule has 2 saturated heterocycles. The van der Waals surface area contributed by atoms with Crippen molar-refractivity contribution < 1.29 is 19.1 Å². The number of carbonyl (C=O) groups excluding carboxylic acids is 2. The predicted molar refractivity (Wildman–Crippen MR) is 153 cm³/mol. The summed E-state index contributed by atoms with van der Waals surface area (Å²) in [5.74, 6) is 1.10. The van der Waals surface area contributed by atoms with Gasteiger partial charge in [0.05, 0.1) is 24.8 Å². The van der Waals surface area contributed by atoms with E-state index >= 15 is 0 Å². The molecule has 2 fully saturated rings. The standard InChI is InChI=1S/C30H38N4O4.ClH/c1-21(2)38-30(36)33-16-13-23(14-17-33)20-37-27-11-9-25(10-12-27)24-7-5-22(6-8-24)18-28(32)29(35)34-15-3-4-26(34)19-31;/h5-12,21,23,26,28H,3-4,13-18,20,32H2,1-2H3;1H. The molecule has 4 rings (SSSR count). The zero-order valence-electron chi connectivity index (χ0n) is 22.8. The van der Waals surface area contributed by atoms with Crippen LogP contribution in [0.25, 0.3) is 11.1 Å². The van der Waals surface area contributed by atoms with Crippen LogP contribution in [0.5, 0.6) is 5.75 Å². The number of amides is 2. The molecule has 0 bridgehead atoms. The van der Waals surface area contributed by atoms with Gasteiger partial charge in [-0.2, -0.15) is 5.26 Å². The first-order valence-electron chi connectivity index (χ1n) is 13.6. The Morgan fingerprint density at radius 1 is 1.00 bits per heavy atom. The average Bonchev–Trinajstić information content (AvgIpc) is 3.41. The molecule has 2 atom stereocenters. The number of nitrogens with zero attached hydrogens (tertiary/aromatic N) is 3. The minimum Gasteiger partial charge on any atom is -0.493 e. The Balaban J connectivity index is 0.00000420. The topological polar surface area (TPSA) is 109 Å². The van der Waals surface area contributed by atoms with Crippen molar-refractivity contribution in [3.05, 3.63) is 54.1 Å². The summed E-state index contributed by atoms with van der Waals surface area (Å²) in [6.07, 6.45) is 3.51. The second kappa shape index (κ2) is 14.2. The van der Waals surface area contributed by atoms with E-state index in [0.717, 1.165) is 48.1 Å². The number of benzene rings is 2. The van der Waals surface area contributed by atoms with Gasteiger partial charge < -0.3 is 25.0 Å². The van der Waals surface area contributed by atoms with Gasteiger partial charge in [0, 0.05) is 19.6 Å². The smallest absolute Gasteiger partial charge is 0.410 e. The maximum atomic E-state index is 12.7. The number of piperidine rings is 1. The van der Waals surface area contributed by atoms with Crippen LogP contribution in [0.2, 0.25) is 0 Å². The molecule has 2 aliphatic rings.